The van der Waals surface area contributed by atoms with Gasteiger partial charge in [0.2, 0.25) is 6.79 Å². The fraction of sp³-hybridized carbons (Fsp3) is 0.176. The Balaban J connectivity index is 1.55. The first-order valence-corrected chi connectivity index (χ1v) is 7.17. The molecule has 1 aromatic heterocycles. The number of hydrogen-bond acceptors (Lipinski definition) is 4. The molecule has 0 saturated heterocycles. The average Bonchev–Trinajstić information content (AvgIpc) is 3.18. The molecule has 0 spiro atoms. The summed E-state index contributed by atoms with van der Waals surface area (Å²) in [6.07, 6.45) is 2.54. The van der Waals surface area contributed by atoms with Gasteiger partial charge < -0.3 is 14.0 Å². The molecule has 5 nitrogen and oxygen atoms in total. The number of nitrogens with zero attached hydrogens (tertiary/aromatic N) is 3. The Morgan fingerprint density at radius 3 is 2.73 bits per heavy atom. The molecule has 22 heavy (non-hydrogen) atoms. The van der Waals surface area contributed by atoms with Crippen LogP contribution in [0.4, 0.5) is 0 Å². The highest BCUT2D eigenvalue weighted by atomic mass is 16.7. The lowest BCUT2D eigenvalue weighted by atomic mass is 10.1. The van der Waals surface area contributed by atoms with E-state index in [1.165, 1.54) is 5.56 Å². The van der Waals surface area contributed by atoms with Crippen LogP contribution in [0, 0.1) is 0 Å². The zero-order chi connectivity index (χ0) is 14.8. The van der Waals surface area contributed by atoms with Gasteiger partial charge >= 0.3 is 0 Å². The standard InChI is InChI=1S/C17H15N3O2/c1-2-4-13(5-3-1)9-17-19-18-11-20(17)10-14-6-7-15-16(8-14)22-12-21-15/h1-8,11H,9-10,12H2. The number of aromatic nitrogens is 3. The van der Waals surface area contributed by atoms with Crippen molar-refractivity contribution >= 4 is 0 Å². The van der Waals surface area contributed by atoms with Crippen molar-refractivity contribution in [3.8, 4) is 11.5 Å². The number of benzene rings is 2. The summed E-state index contributed by atoms with van der Waals surface area (Å²) in [6, 6.07) is 16.3. The van der Waals surface area contributed by atoms with Crippen LogP contribution in [-0.4, -0.2) is 21.6 Å². The van der Waals surface area contributed by atoms with Gasteiger partial charge in [0.25, 0.3) is 0 Å². The molecular formula is C17H15N3O2. The fourth-order valence-electron chi connectivity index (χ4n) is 2.56. The number of rotatable bonds is 4. The molecule has 0 N–H and O–H groups in total. The molecule has 2 aromatic carbocycles. The van der Waals surface area contributed by atoms with E-state index in [0.717, 1.165) is 29.3 Å². The van der Waals surface area contributed by atoms with E-state index >= 15 is 0 Å². The van der Waals surface area contributed by atoms with Crippen molar-refractivity contribution in [1.82, 2.24) is 14.8 Å². The minimum atomic E-state index is 0.296. The minimum absolute atomic E-state index is 0.296. The van der Waals surface area contributed by atoms with Crippen LogP contribution in [0.25, 0.3) is 0 Å². The summed E-state index contributed by atoms with van der Waals surface area (Å²) in [5, 5.41) is 8.28. The fourth-order valence-corrected chi connectivity index (χ4v) is 2.56. The molecule has 2 heterocycles. The number of ether oxygens (including phenoxy) is 2. The number of hydrogen-bond donors (Lipinski definition) is 0. The molecule has 0 aliphatic carbocycles. The van der Waals surface area contributed by atoms with Crippen LogP contribution in [0.5, 0.6) is 11.5 Å². The molecule has 0 unspecified atom stereocenters. The zero-order valence-corrected chi connectivity index (χ0v) is 12.0. The molecular weight excluding hydrogens is 278 g/mol. The zero-order valence-electron chi connectivity index (χ0n) is 12.0. The van der Waals surface area contributed by atoms with Crippen molar-refractivity contribution in [1.29, 1.82) is 0 Å². The largest absolute Gasteiger partial charge is 0.454 e. The quantitative estimate of drug-likeness (QED) is 0.742. The van der Waals surface area contributed by atoms with Gasteiger partial charge in [-0.2, -0.15) is 0 Å². The van der Waals surface area contributed by atoms with E-state index in [1.54, 1.807) is 6.33 Å². The van der Waals surface area contributed by atoms with Crippen molar-refractivity contribution in [2.75, 3.05) is 6.79 Å². The molecule has 0 atom stereocenters. The molecule has 3 aromatic rings. The first-order valence-electron chi connectivity index (χ1n) is 7.17. The van der Waals surface area contributed by atoms with Crippen LogP contribution >= 0.6 is 0 Å². The Bertz CT molecular complexity index is 784. The summed E-state index contributed by atoms with van der Waals surface area (Å²) in [5.41, 5.74) is 2.36. The Hall–Kier alpha value is -2.82. The highest BCUT2D eigenvalue weighted by Gasteiger charge is 2.14. The summed E-state index contributed by atoms with van der Waals surface area (Å²) in [4.78, 5) is 0. The van der Waals surface area contributed by atoms with Crippen molar-refractivity contribution in [2.45, 2.75) is 13.0 Å². The van der Waals surface area contributed by atoms with Crippen LogP contribution in [-0.2, 0) is 13.0 Å². The first-order chi connectivity index (χ1) is 10.9. The van der Waals surface area contributed by atoms with Gasteiger partial charge in [0, 0.05) is 6.42 Å². The third-order valence-electron chi connectivity index (χ3n) is 3.69. The van der Waals surface area contributed by atoms with Crippen LogP contribution < -0.4 is 9.47 Å². The van der Waals surface area contributed by atoms with Crippen LogP contribution in [0.2, 0.25) is 0 Å². The normalized spacial score (nSPS) is 12.5. The van der Waals surface area contributed by atoms with E-state index in [1.807, 2.05) is 36.4 Å². The molecule has 0 radical (unpaired) electrons. The molecule has 0 amide bonds. The van der Waals surface area contributed by atoms with Gasteiger partial charge in [0.05, 0.1) is 6.54 Å². The third-order valence-corrected chi connectivity index (χ3v) is 3.69. The van der Waals surface area contributed by atoms with E-state index in [4.69, 9.17) is 9.47 Å². The lowest BCUT2D eigenvalue weighted by molar-refractivity contribution is 0.174. The maximum absolute atomic E-state index is 5.42. The van der Waals surface area contributed by atoms with Crippen molar-refractivity contribution < 1.29 is 9.47 Å². The highest BCUT2D eigenvalue weighted by Crippen LogP contribution is 2.32. The van der Waals surface area contributed by atoms with E-state index in [0.29, 0.717) is 13.3 Å². The molecule has 5 heteroatoms. The van der Waals surface area contributed by atoms with Crippen LogP contribution in [0.3, 0.4) is 0 Å². The van der Waals surface area contributed by atoms with Gasteiger partial charge in [-0.25, -0.2) is 0 Å². The maximum Gasteiger partial charge on any atom is 0.231 e. The van der Waals surface area contributed by atoms with Gasteiger partial charge in [-0.15, -0.1) is 10.2 Å². The van der Waals surface area contributed by atoms with Gasteiger partial charge in [0.15, 0.2) is 11.5 Å². The van der Waals surface area contributed by atoms with Crippen molar-refractivity contribution in [3.05, 3.63) is 71.8 Å². The summed E-state index contributed by atoms with van der Waals surface area (Å²) in [7, 11) is 0. The van der Waals surface area contributed by atoms with E-state index < -0.39 is 0 Å². The molecule has 110 valence electrons. The van der Waals surface area contributed by atoms with Gasteiger partial charge in [-0.3, -0.25) is 0 Å². The molecule has 0 bridgehead atoms. The maximum atomic E-state index is 5.42. The minimum Gasteiger partial charge on any atom is -0.454 e. The second kappa shape index (κ2) is 5.52. The van der Waals surface area contributed by atoms with Crippen LogP contribution in [0.1, 0.15) is 17.0 Å². The van der Waals surface area contributed by atoms with E-state index in [2.05, 4.69) is 26.9 Å². The monoisotopic (exact) mass is 293 g/mol. The average molecular weight is 293 g/mol. The van der Waals surface area contributed by atoms with Crippen LogP contribution in [0.15, 0.2) is 54.9 Å². The SMILES string of the molecule is c1ccc(Cc2nncn2Cc2ccc3c(c2)OCO3)cc1. The summed E-state index contributed by atoms with van der Waals surface area (Å²) < 4.78 is 12.8. The van der Waals surface area contributed by atoms with Gasteiger partial charge in [-0.1, -0.05) is 36.4 Å². The van der Waals surface area contributed by atoms with Crippen molar-refractivity contribution in [3.63, 3.8) is 0 Å². The van der Waals surface area contributed by atoms with E-state index in [-0.39, 0.29) is 0 Å². The Morgan fingerprint density at radius 1 is 0.955 bits per heavy atom. The number of fused-ring (bicyclic) bond motifs is 1. The summed E-state index contributed by atoms with van der Waals surface area (Å²) in [5.74, 6) is 2.55. The van der Waals surface area contributed by atoms with E-state index in [9.17, 15) is 0 Å². The third kappa shape index (κ3) is 2.53. The summed E-state index contributed by atoms with van der Waals surface area (Å²) in [6.45, 7) is 1.01. The molecule has 0 saturated carbocycles. The van der Waals surface area contributed by atoms with Gasteiger partial charge in [0.1, 0.15) is 12.2 Å². The Kier molecular flexibility index (Phi) is 3.23. The molecule has 1 aliphatic heterocycles. The lowest BCUT2D eigenvalue weighted by Gasteiger charge is -2.07. The predicted octanol–water partition coefficient (Wildman–Crippen LogP) is 2.65. The first kappa shape index (κ1) is 12.9. The second-order valence-corrected chi connectivity index (χ2v) is 5.23. The topological polar surface area (TPSA) is 49.2 Å². The molecule has 4 rings (SSSR count). The smallest absolute Gasteiger partial charge is 0.231 e. The molecule has 0 fully saturated rings. The second-order valence-electron chi connectivity index (χ2n) is 5.23. The predicted molar refractivity (Wildman–Crippen MR) is 80.9 cm³/mol. The van der Waals surface area contributed by atoms with Gasteiger partial charge in [-0.05, 0) is 23.3 Å². The Labute approximate surface area is 128 Å². The summed E-state index contributed by atoms with van der Waals surface area (Å²) >= 11 is 0. The Morgan fingerprint density at radius 2 is 1.82 bits per heavy atom. The van der Waals surface area contributed by atoms with Crippen molar-refractivity contribution in [2.24, 2.45) is 0 Å². The molecule has 1 aliphatic rings. The lowest BCUT2D eigenvalue weighted by Crippen LogP contribution is -2.05. The highest BCUT2D eigenvalue weighted by molar-refractivity contribution is 5.44.